The standard InChI is InChI=1S/C9H10N2O2/c1-5-4-8(6(2)12-5)9-11-10-7(3)13-9/h4H,1-3H3. The highest BCUT2D eigenvalue weighted by Crippen LogP contribution is 2.24. The van der Waals surface area contributed by atoms with Gasteiger partial charge in [0, 0.05) is 6.92 Å². The quantitative estimate of drug-likeness (QED) is 0.672. The Hall–Kier alpha value is -1.58. The Labute approximate surface area is 75.6 Å². The van der Waals surface area contributed by atoms with E-state index in [2.05, 4.69) is 10.2 Å². The number of hydrogen-bond donors (Lipinski definition) is 0. The summed E-state index contributed by atoms with van der Waals surface area (Å²) in [4.78, 5) is 0. The minimum absolute atomic E-state index is 0.520. The molecule has 0 saturated heterocycles. The molecule has 2 rings (SSSR count). The largest absolute Gasteiger partial charge is 0.466 e. The molecule has 0 fully saturated rings. The van der Waals surface area contributed by atoms with Crippen LogP contribution in [0.25, 0.3) is 11.5 Å². The van der Waals surface area contributed by atoms with Crippen LogP contribution in [0.2, 0.25) is 0 Å². The van der Waals surface area contributed by atoms with Crippen molar-refractivity contribution in [3.05, 3.63) is 23.5 Å². The summed E-state index contributed by atoms with van der Waals surface area (Å²) in [6.07, 6.45) is 0. The molecule has 0 aliphatic carbocycles. The van der Waals surface area contributed by atoms with Gasteiger partial charge in [-0.2, -0.15) is 0 Å². The highest BCUT2D eigenvalue weighted by Gasteiger charge is 2.12. The fraction of sp³-hybridized carbons (Fsp3) is 0.333. The van der Waals surface area contributed by atoms with Crippen LogP contribution in [-0.4, -0.2) is 10.2 Å². The maximum atomic E-state index is 5.35. The van der Waals surface area contributed by atoms with Crippen molar-refractivity contribution in [1.82, 2.24) is 10.2 Å². The van der Waals surface area contributed by atoms with Gasteiger partial charge in [-0.3, -0.25) is 0 Å². The van der Waals surface area contributed by atoms with Crippen molar-refractivity contribution < 1.29 is 8.83 Å². The van der Waals surface area contributed by atoms with E-state index in [0.717, 1.165) is 17.1 Å². The lowest BCUT2D eigenvalue weighted by molar-refractivity contribution is 0.500. The van der Waals surface area contributed by atoms with Gasteiger partial charge in [0.05, 0.1) is 5.56 Å². The number of nitrogens with zero attached hydrogens (tertiary/aromatic N) is 2. The van der Waals surface area contributed by atoms with E-state index in [1.165, 1.54) is 0 Å². The molecule has 0 radical (unpaired) electrons. The van der Waals surface area contributed by atoms with Gasteiger partial charge in [0.25, 0.3) is 5.89 Å². The second-order valence-electron chi connectivity index (χ2n) is 2.95. The first-order valence-electron chi connectivity index (χ1n) is 4.04. The Morgan fingerprint density at radius 2 is 1.85 bits per heavy atom. The third kappa shape index (κ3) is 1.35. The molecule has 4 nitrogen and oxygen atoms in total. The molecule has 2 aromatic heterocycles. The summed E-state index contributed by atoms with van der Waals surface area (Å²) in [5, 5.41) is 7.67. The summed E-state index contributed by atoms with van der Waals surface area (Å²) in [5.41, 5.74) is 0.873. The van der Waals surface area contributed by atoms with Gasteiger partial charge in [0.1, 0.15) is 11.5 Å². The Bertz CT molecular complexity index is 429. The zero-order valence-corrected chi connectivity index (χ0v) is 7.79. The average Bonchev–Trinajstić information content (AvgIpc) is 2.58. The number of aromatic nitrogens is 2. The molecule has 4 heteroatoms. The smallest absolute Gasteiger partial charge is 0.251 e. The minimum Gasteiger partial charge on any atom is -0.466 e. The Balaban J connectivity index is 2.51. The van der Waals surface area contributed by atoms with Crippen molar-refractivity contribution in [3.8, 4) is 11.5 Å². The van der Waals surface area contributed by atoms with Crippen LogP contribution in [0.4, 0.5) is 0 Å². The number of furan rings is 1. The van der Waals surface area contributed by atoms with Crippen LogP contribution in [0, 0.1) is 20.8 Å². The van der Waals surface area contributed by atoms with E-state index < -0.39 is 0 Å². The second-order valence-corrected chi connectivity index (χ2v) is 2.95. The molecule has 0 spiro atoms. The lowest BCUT2D eigenvalue weighted by Gasteiger charge is -1.87. The minimum atomic E-state index is 0.520. The predicted molar refractivity (Wildman–Crippen MR) is 46.2 cm³/mol. The van der Waals surface area contributed by atoms with Gasteiger partial charge in [0.15, 0.2) is 0 Å². The fourth-order valence-electron chi connectivity index (χ4n) is 1.25. The molecule has 2 aromatic rings. The van der Waals surface area contributed by atoms with Crippen LogP contribution in [0.5, 0.6) is 0 Å². The van der Waals surface area contributed by atoms with Crippen molar-refractivity contribution in [1.29, 1.82) is 0 Å². The van der Waals surface area contributed by atoms with Crippen molar-refractivity contribution in [2.45, 2.75) is 20.8 Å². The maximum absolute atomic E-state index is 5.35. The Kier molecular flexibility index (Phi) is 1.69. The third-order valence-electron chi connectivity index (χ3n) is 1.80. The summed E-state index contributed by atoms with van der Waals surface area (Å²) >= 11 is 0. The molecular formula is C9H10N2O2. The molecule has 2 heterocycles. The molecule has 68 valence electrons. The highest BCUT2D eigenvalue weighted by molar-refractivity contribution is 5.55. The van der Waals surface area contributed by atoms with Crippen molar-refractivity contribution in [2.24, 2.45) is 0 Å². The lowest BCUT2D eigenvalue weighted by atomic mass is 10.2. The summed E-state index contributed by atoms with van der Waals surface area (Å²) in [5.74, 6) is 2.74. The Morgan fingerprint density at radius 1 is 1.08 bits per heavy atom. The average molecular weight is 178 g/mol. The maximum Gasteiger partial charge on any atom is 0.251 e. The van der Waals surface area contributed by atoms with Gasteiger partial charge in [-0.1, -0.05) is 0 Å². The van der Waals surface area contributed by atoms with Crippen LogP contribution >= 0.6 is 0 Å². The third-order valence-corrected chi connectivity index (χ3v) is 1.80. The van der Waals surface area contributed by atoms with E-state index >= 15 is 0 Å². The van der Waals surface area contributed by atoms with Crippen molar-refractivity contribution in [2.75, 3.05) is 0 Å². The molecule has 0 unspecified atom stereocenters. The van der Waals surface area contributed by atoms with E-state index in [0.29, 0.717) is 11.8 Å². The first-order chi connectivity index (χ1) is 6.16. The highest BCUT2D eigenvalue weighted by atomic mass is 16.4. The van der Waals surface area contributed by atoms with E-state index in [4.69, 9.17) is 8.83 Å². The van der Waals surface area contributed by atoms with Gasteiger partial charge in [-0.25, -0.2) is 0 Å². The van der Waals surface area contributed by atoms with E-state index in [1.807, 2.05) is 19.9 Å². The molecule has 0 bridgehead atoms. The number of hydrogen-bond acceptors (Lipinski definition) is 4. The molecule has 0 aliphatic heterocycles. The summed E-state index contributed by atoms with van der Waals surface area (Å²) in [6, 6.07) is 1.89. The van der Waals surface area contributed by atoms with Crippen LogP contribution in [-0.2, 0) is 0 Å². The zero-order valence-electron chi connectivity index (χ0n) is 7.79. The molecule has 0 amide bonds. The summed E-state index contributed by atoms with van der Waals surface area (Å²) in [7, 11) is 0. The first kappa shape index (κ1) is 8.04. The number of aryl methyl sites for hydroxylation is 3. The summed E-state index contributed by atoms with van der Waals surface area (Å²) in [6.45, 7) is 5.53. The van der Waals surface area contributed by atoms with Gasteiger partial charge in [0.2, 0.25) is 5.89 Å². The monoisotopic (exact) mass is 178 g/mol. The van der Waals surface area contributed by atoms with Crippen LogP contribution in [0.1, 0.15) is 17.4 Å². The molecular weight excluding hydrogens is 168 g/mol. The van der Waals surface area contributed by atoms with Crippen LogP contribution < -0.4 is 0 Å². The lowest BCUT2D eigenvalue weighted by Crippen LogP contribution is -1.76. The fourth-order valence-corrected chi connectivity index (χ4v) is 1.25. The van der Waals surface area contributed by atoms with Crippen LogP contribution in [0.15, 0.2) is 14.9 Å². The molecule has 0 aliphatic rings. The number of rotatable bonds is 1. The molecule has 0 aromatic carbocycles. The molecule has 0 saturated carbocycles. The van der Waals surface area contributed by atoms with Gasteiger partial charge >= 0.3 is 0 Å². The van der Waals surface area contributed by atoms with E-state index in [9.17, 15) is 0 Å². The van der Waals surface area contributed by atoms with E-state index in [-0.39, 0.29) is 0 Å². The molecule has 13 heavy (non-hydrogen) atoms. The SMILES string of the molecule is Cc1cc(-c2nnc(C)o2)c(C)o1. The summed E-state index contributed by atoms with van der Waals surface area (Å²) < 4.78 is 10.6. The zero-order chi connectivity index (χ0) is 9.42. The van der Waals surface area contributed by atoms with Crippen LogP contribution in [0.3, 0.4) is 0 Å². The van der Waals surface area contributed by atoms with Crippen molar-refractivity contribution in [3.63, 3.8) is 0 Å². The Morgan fingerprint density at radius 3 is 2.31 bits per heavy atom. The normalized spacial score (nSPS) is 10.7. The van der Waals surface area contributed by atoms with Crippen molar-refractivity contribution >= 4 is 0 Å². The second kappa shape index (κ2) is 2.73. The molecule has 0 N–H and O–H groups in total. The van der Waals surface area contributed by atoms with Gasteiger partial charge < -0.3 is 8.83 Å². The predicted octanol–water partition coefficient (Wildman–Crippen LogP) is 2.25. The molecule has 0 atom stereocenters. The topological polar surface area (TPSA) is 52.1 Å². The van der Waals surface area contributed by atoms with E-state index in [1.54, 1.807) is 6.92 Å². The van der Waals surface area contributed by atoms with Gasteiger partial charge in [-0.15, -0.1) is 10.2 Å². The first-order valence-corrected chi connectivity index (χ1v) is 4.04. The van der Waals surface area contributed by atoms with Gasteiger partial charge in [-0.05, 0) is 19.9 Å².